The molecule has 0 saturated heterocycles. The maximum Gasteiger partial charge on any atom is 0.241 e. The smallest absolute Gasteiger partial charge is 0.241 e. The molecule has 116 valence electrons. The van der Waals surface area contributed by atoms with E-state index in [1.54, 1.807) is 6.33 Å². The molecular formula is C16H21N5O. The zero-order valence-electron chi connectivity index (χ0n) is 12.9. The van der Waals surface area contributed by atoms with Gasteiger partial charge in [-0.3, -0.25) is 10.1 Å². The van der Waals surface area contributed by atoms with Crippen molar-refractivity contribution in [1.29, 1.82) is 0 Å². The summed E-state index contributed by atoms with van der Waals surface area (Å²) in [6, 6.07) is 9.64. The number of nitrogens with one attached hydrogen (secondary N) is 2. The molecule has 1 fully saturated rings. The second kappa shape index (κ2) is 6.27. The van der Waals surface area contributed by atoms with Crippen molar-refractivity contribution in [2.75, 3.05) is 0 Å². The first kappa shape index (κ1) is 14.7. The van der Waals surface area contributed by atoms with Gasteiger partial charge in [0.15, 0.2) is 0 Å². The summed E-state index contributed by atoms with van der Waals surface area (Å²) in [7, 11) is 1.90. The number of aromatic nitrogens is 3. The van der Waals surface area contributed by atoms with Crippen LogP contribution in [0.2, 0.25) is 0 Å². The Morgan fingerprint density at radius 2 is 2.05 bits per heavy atom. The molecule has 0 aliphatic heterocycles. The largest absolute Gasteiger partial charge is 0.352 e. The molecule has 1 saturated carbocycles. The first-order valence-electron chi connectivity index (χ1n) is 7.60. The second-order valence-electron chi connectivity index (χ2n) is 5.81. The fraction of sp³-hybridized carbons (Fsp3) is 0.438. The predicted octanol–water partition coefficient (Wildman–Crippen LogP) is 1.49. The Hall–Kier alpha value is -2.21. The summed E-state index contributed by atoms with van der Waals surface area (Å²) >= 11 is 0. The van der Waals surface area contributed by atoms with E-state index < -0.39 is 6.04 Å². The number of carbonyl (C=O) groups is 1. The average molecular weight is 299 g/mol. The Morgan fingerprint density at radius 1 is 1.32 bits per heavy atom. The van der Waals surface area contributed by atoms with Gasteiger partial charge in [-0.1, -0.05) is 30.3 Å². The van der Waals surface area contributed by atoms with Crippen molar-refractivity contribution in [3.63, 3.8) is 0 Å². The highest BCUT2D eigenvalue weighted by atomic mass is 16.2. The summed E-state index contributed by atoms with van der Waals surface area (Å²) in [6.07, 6.45) is 3.81. The number of amides is 1. The quantitative estimate of drug-likeness (QED) is 0.847. The topological polar surface area (TPSA) is 71.8 Å². The number of nitrogens with zero attached hydrogens (tertiary/aromatic N) is 3. The van der Waals surface area contributed by atoms with Crippen LogP contribution in [0.25, 0.3) is 0 Å². The maximum absolute atomic E-state index is 12.6. The SMILES string of the molecule is C[C@H](N[C@@H](C(=O)NC1CC1)c1ccccc1)c1nncn1C. The van der Waals surface area contributed by atoms with Crippen LogP contribution >= 0.6 is 0 Å². The molecule has 1 amide bonds. The van der Waals surface area contributed by atoms with Gasteiger partial charge in [-0.25, -0.2) is 0 Å². The summed E-state index contributed by atoms with van der Waals surface area (Å²) in [4.78, 5) is 12.6. The van der Waals surface area contributed by atoms with E-state index in [1.165, 1.54) is 0 Å². The molecule has 1 aliphatic rings. The summed E-state index contributed by atoms with van der Waals surface area (Å²) in [5, 5.41) is 14.5. The highest BCUT2D eigenvalue weighted by Gasteiger charge is 2.29. The van der Waals surface area contributed by atoms with E-state index >= 15 is 0 Å². The molecule has 6 heteroatoms. The van der Waals surface area contributed by atoms with E-state index in [-0.39, 0.29) is 11.9 Å². The van der Waals surface area contributed by atoms with Gasteiger partial charge in [-0.05, 0) is 25.3 Å². The number of aryl methyl sites for hydroxylation is 1. The van der Waals surface area contributed by atoms with Crippen LogP contribution in [0.1, 0.15) is 43.2 Å². The molecule has 1 aromatic carbocycles. The molecule has 0 radical (unpaired) electrons. The molecule has 0 bridgehead atoms. The van der Waals surface area contributed by atoms with Crippen LogP contribution < -0.4 is 10.6 Å². The van der Waals surface area contributed by atoms with E-state index in [0.717, 1.165) is 24.2 Å². The van der Waals surface area contributed by atoms with Gasteiger partial charge in [0.1, 0.15) is 18.2 Å². The molecule has 0 unspecified atom stereocenters. The third-order valence-electron chi connectivity index (χ3n) is 3.87. The van der Waals surface area contributed by atoms with Gasteiger partial charge in [-0.2, -0.15) is 0 Å². The van der Waals surface area contributed by atoms with Crippen LogP contribution in [-0.2, 0) is 11.8 Å². The summed E-state index contributed by atoms with van der Waals surface area (Å²) < 4.78 is 1.86. The van der Waals surface area contributed by atoms with Crippen LogP contribution in [0.15, 0.2) is 36.7 Å². The van der Waals surface area contributed by atoms with Crippen molar-refractivity contribution >= 4 is 5.91 Å². The van der Waals surface area contributed by atoms with Gasteiger partial charge in [0.2, 0.25) is 5.91 Å². The van der Waals surface area contributed by atoms with Crippen molar-refractivity contribution < 1.29 is 4.79 Å². The molecule has 0 spiro atoms. The van der Waals surface area contributed by atoms with Crippen LogP contribution in [0.3, 0.4) is 0 Å². The van der Waals surface area contributed by atoms with Gasteiger partial charge in [0, 0.05) is 13.1 Å². The monoisotopic (exact) mass is 299 g/mol. The first-order valence-corrected chi connectivity index (χ1v) is 7.60. The zero-order chi connectivity index (χ0) is 15.5. The summed E-state index contributed by atoms with van der Waals surface area (Å²) in [5.41, 5.74) is 0.953. The molecule has 1 heterocycles. The van der Waals surface area contributed by atoms with Crippen molar-refractivity contribution in [3.05, 3.63) is 48.0 Å². The fourth-order valence-electron chi connectivity index (χ4n) is 2.49. The second-order valence-corrected chi connectivity index (χ2v) is 5.81. The van der Waals surface area contributed by atoms with E-state index in [0.29, 0.717) is 6.04 Å². The van der Waals surface area contributed by atoms with E-state index in [1.807, 2.05) is 48.9 Å². The van der Waals surface area contributed by atoms with Crippen LogP contribution in [-0.4, -0.2) is 26.7 Å². The Labute approximate surface area is 129 Å². The maximum atomic E-state index is 12.6. The van der Waals surface area contributed by atoms with Crippen molar-refractivity contribution in [2.45, 2.75) is 37.9 Å². The normalized spacial score (nSPS) is 17.0. The molecule has 3 rings (SSSR count). The number of benzene rings is 1. The molecular weight excluding hydrogens is 278 g/mol. The van der Waals surface area contributed by atoms with Gasteiger partial charge < -0.3 is 9.88 Å². The Balaban J connectivity index is 1.78. The van der Waals surface area contributed by atoms with Crippen LogP contribution in [0.4, 0.5) is 0 Å². The number of carbonyl (C=O) groups excluding carboxylic acids is 1. The minimum atomic E-state index is -0.395. The summed E-state index contributed by atoms with van der Waals surface area (Å²) in [5.74, 6) is 0.822. The molecule has 2 aromatic rings. The van der Waals surface area contributed by atoms with E-state index in [4.69, 9.17) is 0 Å². The van der Waals surface area contributed by atoms with Crippen molar-refractivity contribution in [2.24, 2.45) is 7.05 Å². The lowest BCUT2D eigenvalue weighted by atomic mass is 10.0. The molecule has 22 heavy (non-hydrogen) atoms. The third-order valence-corrected chi connectivity index (χ3v) is 3.87. The van der Waals surface area contributed by atoms with Crippen LogP contribution in [0.5, 0.6) is 0 Å². The van der Waals surface area contributed by atoms with Gasteiger partial charge in [-0.15, -0.1) is 10.2 Å². The first-order chi connectivity index (χ1) is 10.6. The Kier molecular flexibility index (Phi) is 4.20. The number of hydrogen-bond donors (Lipinski definition) is 2. The molecule has 2 N–H and O–H groups in total. The molecule has 2 atom stereocenters. The standard InChI is InChI=1S/C16H21N5O/c1-11(15-20-17-10-21(15)2)18-14(12-6-4-3-5-7-12)16(22)19-13-8-9-13/h3-7,10-11,13-14,18H,8-9H2,1-2H3,(H,19,22)/t11-,14+/m0/s1. The fourth-order valence-corrected chi connectivity index (χ4v) is 2.49. The predicted molar refractivity (Wildman–Crippen MR) is 82.9 cm³/mol. The van der Waals surface area contributed by atoms with E-state index in [2.05, 4.69) is 20.8 Å². The highest BCUT2D eigenvalue weighted by molar-refractivity contribution is 5.83. The van der Waals surface area contributed by atoms with Crippen LogP contribution in [0, 0.1) is 0 Å². The van der Waals surface area contributed by atoms with Gasteiger partial charge >= 0.3 is 0 Å². The van der Waals surface area contributed by atoms with Gasteiger partial charge in [0.25, 0.3) is 0 Å². The lowest BCUT2D eigenvalue weighted by molar-refractivity contribution is -0.123. The lowest BCUT2D eigenvalue weighted by Crippen LogP contribution is -2.40. The van der Waals surface area contributed by atoms with Gasteiger partial charge in [0.05, 0.1) is 6.04 Å². The average Bonchev–Trinajstić information content (AvgIpc) is 3.23. The van der Waals surface area contributed by atoms with Crippen molar-refractivity contribution in [1.82, 2.24) is 25.4 Å². The molecule has 1 aromatic heterocycles. The Morgan fingerprint density at radius 3 is 2.64 bits per heavy atom. The van der Waals surface area contributed by atoms with Crippen molar-refractivity contribution in [3.8, 4) is 0 Å². The minimum absolute atomic E-state index is 0.0164. The highest BCUT2D eigenvalue weighted by Crippen LogP contribution is 2.23. The number of hydrogen-bond acceptors (Lipinski definition) is 4. The molecule has 1 aliphatic carbocycles. The zero-order valence-corrected chi connectivity index (χ0v) is 12.9. The Bertz CT molecular complexity index is 635. The third kappa shape index (κ3) is 3.33. The van der Waals surface area contributed by atoms with E-state index in [9.17, 15) is 4.79 Å². The molecule has 6 nitrogen and oxygen atoms in total. The minimum Gasteiger partial charge on any atom is -0.352 e. The summed E-state index contributed by atoms with van der Waals surface area (Å²) in [6.45, 7) is 1.99. The number of rotatable bonds is 6. The lowest BCUT2D eigenvalue weighted by Gasteiger charge is -2.22.